The van der Waals surface area contributed by atoms with E-state index in [4.69, 9.17) is 20.5 Å². The van der Waals surface area contributed by atoms with Crippen molar-refractivity contribution in [2.45, 2.75) is 6.42 Å². The highest BCUT2D eigenvalue weighted by molar-refractivity contribution is 6.30. The van der Waals surface area contributed by atoms with Gasteiger partial charge in [0.2, 0.25) is 11.7 Å². The summed E-state index contributed by atoms with van der Waals surface area (Å²) in [6, 6.07) is 17.4. The van der Waals surface area contributed by atoms with E-state index in [9.17, 15) is 4.79 Å². The predicted octanol–water partition coefficient (Wildman–Crippen LogP) is 5.22. The van der Waals surface area contributed by atoms with Crippen LogP contribution in [0.1, 0.15) is 11.5 Å². The van der Waals surface area contributed by atoms with Crippen LogP contribution in [0.2, 0.25) is 5.02 Å². The molecule has 28 heavy (non-hydrogen) atoms. The summed E-state index contributed by atoms with van der Waals surface area (Å²) < 4.78 is 10.6. The number of carbonyl (C=O) groups excluding carboxylic acids is 1. The molecule has 140 valence electrons. The number of nitrogens with zero attached hydrogens (tertiary/aromatic N) is 2. The van der Waals surface area contributed by atoms with Crippen LogP contribution < -0.4 is 10.6 Å². The van der Waals surface area contributed by atoms with Crippen LogP contribution in [0.5, 0.6) is 0 Å². The Labute approximate surface area is 165 Å². The van der Waals surface area contributed by atoms with Crippen molar-refractivity contribution >= 4 is 29.0 Å². The maximum Gasteiger partial charge on any atom is 0.323 e. The summed E-state index contributed by atoms with van der Waals surface area (Å²) in [7, 11) is 0. The highest BCUT2D eigenvalue weighted by atomic mass is 35.5. The molecule has 2 aromatic carbocycles. The van der Waals surface area contributed by atoms with Gasteiger partial charge in [-0.25, -0.2) is 4.79 Å². The number of amides is 2. The lowest BCUT2D eigenvalue weighted by Gasteiger charge is -2.11. The zero-order valence-corrected chi connectivity index (χ0v) is 15.3. The summed E-state index contributed by atoms with van der Waals surface area (Å²) in [5.74, 6) is 1.32. The summed E-state index contributed by atoms with van der Waals surface area (Å²) in [4.78, 5) is 16.7. The van der Waals surface area contributed by atoms with Crippen LogP contribution in [-0.4, -0.2) is 16.2 Å². The fourth-order valence-corrected chi connectivity index (χ4v) is 2.83. The normalized spacial score (nSPS) is 10.6. The van der Waals surface area contributed by atoms with Crippen molar-refractivity contribution < 1.29 is 13.7 Å². The summed E-state index contributed by atoms with van der Waals surface area (Å²) in [5.41, 5.74) is 2.07. The van der Waals surface area contributed by atoms with Crippen molar-refractivity contribution in [1.29, 1.82) is 0 Å². The Morgan fingerprint density at radius 1 is 1.04 bits per heavy atom. The summed E-state index contributed by atoms with van der Waals surface area (Å²) >= 11 is 5.94. The molecular formula is C20H15ClN4O3. The van der Waals surface area contributed by atoms with E-state index < -0.39 is 0 Å². The molecule has 0 saturated carbocycles. The Balaban J connectivity index is 1.47. The van der Waals surface area contributed by atoms with Gasteiger partial charge in [-0.2, -0.15) is 4.98 Å². The van der Waals surface area contributed by atoms with E-state index in [0.717, 1.165) is 5.56 Å². The first-order valence-electron chi connectivity index (χ1n) is 8.45. The molecule has 4 aromatic rings. The molecule has 0 aliphatic heterocycles. The lowest BCUT2D eigenvalue weighted by Crippen LogP contribution is -2.20. The molecule has 0 unspecified atom stereocenters. The van der Waals surface area contributed by atoms with E-state index in [2.05, 4.69) is 20.8 Å². The minimum atomic E-state index is -0.378. The van der Waals surface area contributed by atoms with Gasteiger partial charge in [0, 0.05) is 16.4 Å². The maximum absolute atomic E-state index is 12.3. The Hall–Kier alpha value is -3.58. The molecule has 4 rings (SSSR count). The van der Waals surface area contributed by atoms with Gasteiger partial charge in [-0.15, -0.1) is 0 Å². The van der Waals surface area contributed by atoms with E-state index in [1.807, 2.05) is 18.2 Å². The molecule has 2 amide bonds. The summed E-state index contributed by atoms with van der Waals surface area (Å²) in [6.45, 7) is 0. The molecule has 2 N–H and O–H groups in total. The topological polar surface area (TPSA) is 93.2 Å². The number of rotatable bonds is 5. The molecule has 0 bridgehead atoms. The van der Waals surface area contributed by atoms with Crippen LogP contribution in [0.15, 0.2) is 75.9 Å². The molecule has 8 heteroatoms. The van der Waals surface area contributed by atoms with Crippen molar-refractivity contribution in [2.75, 3.05) is 10.6 Å². The standard InChI is InChI=1S/C20H15ClN4O3/c21-14-6-3-7-15(12-14)22-20(26)23-16-8-2-1-5-13(16)11-18-24-19(25-28-18)17-9-4-10-27-17/h1-10,12H,11H2,(H2,22,23,26). The van der Waals surface area contributed by atoms with Gasteiger partial charge in [0.25, 0.3) is 0 Å². The molecule has 2 aromatic heterocycles. The smallest absolute Gasteiger partial charge is 0.323 e. The van der Waals surface area contributed by atoms with E-state index in [0.29, 0.717) is 40.3 Å². The number of aromatic nitrogens is 2. The average Bonchev–Trinajstić information content (AvgIpc) is 3.35. The molecule has 2 heterocycles. The van der Waals surface area contributed by atoms with Gasteiger partial charge in [-0.3, -0.25) is 0 Å². The lowest BCUT2D eigenvalue weighted by atomic mass is 10.1. The van der Waals surface area contributed by atoms with E-state index >= 15 is 0 Å². The highest BCUT2D eigenvalue weighted by Gasteiger charge is 2.14. The van der Waals surface area contributed by atoms with Crippen molar-refractivity contribution in [3.8, 4) is 11.6 Å². The first-order valence-corrected chi connectivity index (χ1v) is 8.83. The largest absolute Gasteiger partial charge is 0.461 e. The molecule has 0 aliphatic carbocycles. The molecule has 0 radical (unpaired) electrons. The van der Waals surface area contributed by atoms with Gasteiger partial charge in [-0.05, 0) is 42.0 Å². The second-order valence-corrected chi connectivity index (χ2v) is 6.35. The Morgan fingerprint density at radius 3 is 2.75 bits per heavy atom. The molecule has 0 fully saturated rings. The van der Waals surface area contributed by atoms with Crippen molar-refractivity contribution in [1.82, 2.24) is 10.1 Å². The van der Waals surface area contributed by atoms with E-state index in [1.54, 1.807) is 48.7 Å². The fourth-order valence-electron chi connectivity index (χ4n) is 2.64. The van der Waals surface area contributed by atoms with Gasteiger partial charge in [-0.1, -0.05) is 41.0 Å². The minimum absolute atomic E-state index is 0.362. The molecule has 0 atom stereocenters. The maximum atomic E-state index is 12.3. The van der Waals surface area contributed by atoms with Crippen molar-refractivity contribution in [2.24, 2.45) is 0 Å². The summed E-state index contributed by atoms with van der Waals surface area (Å²) in [5, 5.41) is 10.0. The van der Waals surface area contributed by atoms with Gasteiger partial charge in [0.1, 0.15) is 0 Å². The van der Waals surface area contributed by atoms with E-state index in [1.165, 1.54) is 0 Å². The SMILES string of the molecule is O=C(Nc1cccc(Cl)c1)Nc1ccccc1Cc1nc(-c2ccco2)no1. The Morgan fingerprint density at radius 2 is 1.93 bits per heavy atom. The number of urea groups is 1. The predicted molar refractivity (Wildman–Crippen MR) is 105 cm³/mol. The molecule has 0 saturated heterocycles. The van der Waals surface area contributed by atoms with Crippen LogP contribution >= 0.6 is 11.6 Å². The van der Waals surface area contributed by atoms with E-state index in [-0.39, 0.29) is 6.03 Å². The number of hydrogen-bond donors (Lipinski definition) is 2. The molecule has 7 nitrogen and oxygen atoms in total. The first-order chi connectivity index (χ1) is 13.7. The number of nitrogens with one attached hydrogen (secondary N) is 2. The molecule has 0 aliphatic rings. The van der Waals surface area contributed by atoms with Gasteiger partial charge >= 0.3 is 6.03 Å². The average molecular weight is 395 g/mol. The number of furan rings is 1. The third-order valence-electron chi connectivity index (χ3n) is 3.90. The molecule has 0 spiro atoms. The zero-order chi connectivity index (χ0) is 19.3. The fraction of sp³-hybridized carbons (Fsp3) is 0.0500. The zero-order valence-electron chi connectivity index (χ0n) is 14.6. The number of benzene rings is 2. The minimum Gasteiger partial charge on any atom is -0.461 e. The van der Waals surface area contributed by atoms with Gasteiger partial charge in [0.15, 0.2) is 5.76 Å². The lowest BCUT2D eigenvalue weighted by molar-refractivity contribution is 0.262. The third-order valence-corrected chi connectivity index (χ3v) is 4.13. The van der Waals surface area contributed by atoms with Crippen molar-refractivity contribution in [3.63, 3.8) is 0 Å². The number of anilines is 2. The number of hydrogen-bond acceptors (Lipinski definition) is 5. The quantitative estimate of drug-likeness (QED) is 0.484. The second-order valence-electron chi connectivity index (χ2n) is 5.91. The third kappa shape index (κ3) is 4.21. The Kier molecular flexibility index (Phi) is 5.07. The molecular weight excluding hydrogens is 380 g/mol. The van der Waals surface area contributed by atoms with Crippen LogP contribution in [0.3, 0.4) is 0 Å². The second kappa shape index (κ2) is 7.98. The monoisotopic (exact) mass is 394 g/mol. The highest BCUT2D eigenvalue weighted by Crippen LogP contribution is 2.22. The van der Waals surface area contributed by atoms with Gasteiger partial charge in [0.05, 0.1) is 12.7 Å². The number of halogens is 1. The van der Waals surface area contributed by atoms with Crippen molar-refractivity contribution in [3.05, 3.63) is 83.4 Å². The first kappa shape index (κ1) is 17.8. The van der Waals surface area contributed by atoms with Gasteiger partial charge < -0.3 is 19.6 Å². The van der Waals surface area contributed by atoms with Crippen LogP contribution in [0, 0.1) is 0 Å². The van der Waals surface area contributed by atoms with Crippen LogP contribution in [-0.2, 0) is 6.42 Å². The number of para-hydroxylation sites is 1. The number of carbonyl (C=O) groups is 1. The van der Waals surface area contributed by atoms with Crippen LogP contribution in [0.4, 0.5) is 16.2 Å². The van der Waals surface area contributed by atoms with Crippen LogP contribution in [0.25, 0.3) is 11.6 Å². The Bertz CT molecular complexity index is 1090. The summed E-state index contributed by atoms with van der Waals surface area (Å²) in [6.07, 6.45) is 1.91.